The monoisotopic (exact) mass is 507 g/mol. The van der Waals surface area contributed by atoms with Crippen LogP contribution in [0.5, 0.6) is 0 Å². The van der Waals surface area contributed by atoms with Crippen molar-refractivity contribution in [2.75, 3.05) is 13.1 Å². The Balaban J connectivity index is 2.00. The maximum atomic E-state index is 13.6. The lowest BCUT2D eigenvalue weighted by Crippen LogP contribution is -2.48. The first-order valence-electron chi connectivity index (χ1n) is 9.40. The van der Waals surface area contributed by atoms with Gasteiger partial charge in [-0.25, -0.2) is 21.6 Å². The van der Waals surface area contributed by atoms with Crippen LogP contribution in [0.2, 0.25) is 0 Å². The highest BCUT2D eigenvalue weighted by Crippen LogP contribution is 2.36. The molecule has 1 saturated heterocycles. The zero-order valence-corrected chi connectivity index (χ0v) is 19.0. The van der Waals surface area contributed by atoms with Gasteiger partial charge in [-0.15, -0.1) is 0 Å². The first-order valence-corrected chi connectivity index (χ1v) is 12.8. The summed E-state index contributed by atoms with van der Waals surface area (Å²) in [5.74, 6) is 0. The van der Waals surface area contributed by atoms with Crippen molar-refractivity contribution in [1.29, 1.82) is 0 Å². The van der Waals surface area contributed by atoms with Crippen LogP contribution in [0.15, 0.2) is 63.2 Å². The molecule has 2 aromatic rings. The van der Waals surface area contributed by atoms with Crippen LogP contribution >= 0.6 is 12.2 Å². The summed E-state index contributed by atoms with van der Waals surface area (Å²) in [7, 11) is -8.92. The summed E-state index contributed by atoms with van der Waals surface area (Å²) in [5, 5.41) is 0.157. The van der Waals surface area contributed by atoms with Crippen molar-refractivity contribution in [2.24, 2.45) is 5.73 Å². The molecule has 0 aromatic heterocycles. The van der Waals surface area contributed by atoms with Gasteiger partial charge in [0.1, 0.15) is 0 Å². The second kappa shape index (κ2) is 8.96. The van der Waals surface area contributed by atoms with Crippen LogP contribution in [0.3, 0.4) is 0 Å². The third-order valence-electron chi connectivity index (χ3n) is 5.04. The van der Waals surface area contributed by atoms with Crippen molar-refractivity contribution < 1.29 is 30.0 Å². The lowest BCUT2D eigenvalue weighted by molar-refractivity contribution is -0.139. The van der Waals surface area contributed by atoms with E-state index in [1.54, 1.807) is 11.0 Å². The number of nitrogens with two attached hydrogens (primary N) is 1. The minimum Gasteiger partial charge on any atom is -0.376 e. The number of nitrogens with zero attached hydrogens (tertiary/aromatic N) is 1. The van der Waals surface area contributed by atoms with Gasteiger partial charge in [0, 0.05) is 19.1 Å². The van der Waals surface area contributed by atoms with Gasteiger partial charge < -0.3 is 10.6 Å². The number of sulfonamides is 1. The molecule has 3 N–H and O–H groups in total. The summed E-state index contributed by atoms with van der Waals surface area (Å²) >= 11 is 4.87. The van der Waals surface area contributed by atoms with Gasteiger partial charge in [-0.1, -0.05) is 18.2 Å². The standard InChI is InChI=1S/C19H20F3N3O4S3/c20-19(21,22)16-7-6-15(31(26,27)14-4-2-1-3-5-14)12-17(16)32(28,29)24-13-8-10-25(11-9-13)18(23)30/h1-7,12-13,24H,8-11H2,(H2,23,30). The number of likely N-dealkylation sites (tertiary alicyclic amines) is 1. The number of rotatable bonds is 5. The van der Waals surface area contributed by atoms with Crippen LogP contribution in [0.25, 0.3) is 0 Å². The number of nitrogens with one attached hydrogen (secondary N) is 1. The number of sulfone groups is 1. The molecule has 0 atom stereocenters. The minimum absolute atomic E-state index is 0.157. The van der Waals surface area contributed by atoms with Crippen molar-refractivity contribution >= 4 is 37.2 Å². The number of benzene rings is 2. The highest BCUT2D eigenvalue weighted by atomic mass is 32.2. The molecule has 0 aliphatic carbocycles. The normalized spacial score (nSPS) is 16.2. The van der Waals surface area contributed by atoms with Gasteiger partial charge in [0.15, 0.2) is 5.11 Å². The van der Waals surface area contributed by atoms with Gasteiger partial charge in [-0.2, -0.15) is 13.2 Å². The molecule has 0 spiro atoms. The van der Waals surface area contributed by atoms with E-state index in [1.807, 2.05) is 0 Å². The van der Waals surface area contributed by atoms with Crippen molar-refractivity contribution in [1.82, 2.24) is 9.62 Å². The van der Waals surface area contributed by atoms with Crippen LogP contribution in [0.1, 0.15) is 18.4 Å². The molecule has 174 valence electrons. The van der Waals surface area contributed by atoms with Crippen molar-refractivity contribution in [3.8, 4) is 0 Å². The van der Waals surface area contributed by atoms with Crippen LogP contribution in [-0.2, 0) is 26.0 Å². The summed E-state index contributed by atoms with van der Waals surface area (Å²) < 4.78 is 94.5. The molecule has 1 aliphatic rings. The molecule has 32 heavy (non-hydrogen) atoms. The fourth-order valence-electron chi connectivity index (χ4n) is 3.36. The maximum absolute atomic E-state index is 13.6. The predicted octanol–water partition coefficient (Wildman–Crippen LogP) is 2.52. The quantitative estimate of drug-likeness (QED) is 0.599. The van der Waals surface area contributed by atoms with Crippen LogP contribution < -0.4 is 10.5 Å². The van der Waals surface area contributed by atoms with Gasteiger partial charge in [-0.05, 0) is 55.4 Å². The van der Waals surface area contributed by atoms with Crippen LogP contribution in [0, 0.1) is 0 Å². The molecule has 0 amide bonds. The molecular weight excluding hydrogens is 487 g/mol. The molecule has 0 unspecified atom stereocenters. The number of alkyl halides is 3. The Hall–Kier alpha value is -2.22. The molecule has 2 aromatic carbocycles. The third-order valence-corrected chi connectivity index (χ3v) is 8.63. The smallest absolute Gasteiger partial charge is 0.376 e. The fraction of sp³-hybridized carbons (Fsp3) is 0.316. The molecule has 1 aliphatic heterocycles. The van der Waals surface area contributed by atoms with Gasteiger partial charge in [0.25, 0.3) is 0 Å². The number of hydrogen-bond donors (Lipinski definition) is 2. The summed E-state index contributed by atoms with van der Waals surface area (Å²) in [5.41, 5.74) is 4.09. The Morgan fingerprint density at radius 2 is 1.59 bits per heavy atom. The van der Waals surface area contributed by atoms with E-state index in [4.69, 9.17) is 18.0 Å². The van der Waals surface area contributed by atoms with Crippen LogP contribution in [-0.4, -0.2) is 46.0 Å². The number of halogens is 3. The van der Waals surface area contributed by atoms with E-state index in [0.717, 1.165) is 6.07 Å². The van der Waals surface area contributed by atoms with Gasteiger partial charge in [0.2, 0.25) is 19.9 Å². The van der Waals surface area contributed by atoms with E-state index in [0.29, 0.717) is 25.2 Å². The van der Waals surface area contributed by atoms with Crippen LogP contribution in [0.4, 0.5) is 13.2 Å². The van der Waals surface area contributed by atoms with Crippen molar-refractivity contribution in [2.45, 2.75) is 39.7 Å². The second-order valence-corrected chi connectivity index (χ2v) is 11.2. The summed E-state index contributed by atoms with van der Waals surface area (Å²) in [6.07, 6.45) is -4.45. The zero-order valence-electron chi connectivity index (χ0n) is 16.5. The Labute approximate surface area is 189 Å². The molecule has 7 nitrogen and oxygen atoms in total. The molecule has 1 fully saturated rings. The molecule has 0 bridgehead atoms. The number of hydrogen-bond acceptors (Lipinski definition) is 5. The topological polar surface area (TPSA) is 110 Å². The van der Waals surface area contributed by atoms with Gasteiger partial charge in [0.05, 0.1) is 20.2 Å². The van der Waals surface area contributed by atoms with E-state index >= 15 is 0 Å². The first kappa shape index (κ1) is 24.4. The van der Waals surface area contributed by atoms with E-state index in [-0.39, 0.29) is 22.8 Å². The third kappa shape index (κ3) is 5.22. The number of thiocarbonyl (C=S) groups is 1. The Morgan fingerprint density at radius 1 is 1.00 bits per heavy atom. The lowest BCUT2D eigenvalue weighted by Gasteiger charge is -2.32. The summed E-state index contributed by atoms with van der Waals surface area (Å²) in [4.78, 5) is -0.200. The molecule has 0 radical (unpaired) electrons. The van der Waals surface area contributed by atoms with Gasteiger partial charge >= 0.3 is 6.18 Å². The van der Waals surface area contributed by atoms with E-state index in [9.17, 15) is 30.0 Å². The van der Waals surface area contributed by atoms with E-state index in [2.05, 4.69) is 4.72 Å². The predicted molar refractivity (Wildman–Crippen MR) is 115 cm³/mol. The SMILES string of the molecule is NC(=S)N1CCC(NS(=O)(=O)c2cc(S(=O)(=O)c3ccccc3)ccc2C(F)(F)F)CC1. The molecular formula is C19H20F3N3O4S3. The molecule has 13 heteroatoms. The van der Waals surface area contributed by atoms with Gasteiger partial charge in [-0.3, -0.25) is 0 Å². The average molecular weight is 508 g/mol. The Kier molecular flexibility index (Phi) is 6.84. The fourth-order valence-corrected chi connectivity index (χ4v) is 6.48. The van der Waals surface area contributed by atoms with Crippen molar-refractivity contribution in [3.05, 3.63) is 54.1 Å². The maximum Gasteiger partial charge on any atom is 0.417 e. The van der Waals surface area contributed by atoms with E-state index in [1.165, 1.54) is 24.3 Å². The number of piperidine rings is 1. The Morgan fingerprint density at radius 3 is 2.12 bits per heavy atom. The van der Waals surface area contributed by atoms with E-state index < -0.39 is 47.4 Å². The van der Waals surface area contributed by atoms with Crippen molar-refractivity contribution in [3.63, 3.8) is 0 Å². The first-order chi connectivity index (χ1) is 14.8. The highest BCUT2D eigenvalue weighted by Gasteiger charge is 2.39. The lowest BCUT2D eigenvalue weighted by atomic mass is 10.1. The molecule has 0 saturated carbocycles. The molecule has 3 rings (SSSR count). The summed E-state index contributed by atoms with van der Waals surface area (Å²) in [6.45, 7) is 0.689. The highest BCUT2D eigenvalue weighted by molar-refractivity contribution is 7.91. The Bertz CT molecular complexity index is 1210. The summed E-state index contributed by atoms with van der Waals surface area (Å²) in [6, 6.07) is 8.16. The minimum atomic E-state index is -5.01. The largest absolute Gasteiger partial charge is 0.417 e. The zero-order chi connectivity index (χ0) is 23.7. The second-order valence-electron chi connectivity index (χ2n) is 7.19. The molecule has 1 heterocycles. The average Bonchev–Trinajstić information content (AvgIpc) is 2.73.